The first-order valence-corrected chi connectivity index (χ1v) is 5.96. The molecule has 3 heteroatoms. The third kappa shape index (κ3) is 3.14. The number of hydrogen-bond donors (Lipinski definition) is 0. The van der Waals surface area contributed by atoms with Gasteiger partial charge in [0.05, 0.1) is 0 Å². The number of nitrogens with zero attached hydrogens (tertiary/aromatic N) is 2. The van der Waals surface area contributed by atoms with E-state index in [0.29, 0.717) is 0 Å². The van der Waals surface area contributed by atoms with Gasteiger partial charge in [0.1, 0.15) is 6.29 Å². The summed E-state index contributed by atoms with van der Waals surface area (Å²) in [6.45, 7) is 3.06. The van der Waals surface area contributed by atoms with Crippen molar-refractivity contribution in [3.05, 3.63) is 30.1 Å². The second kappa shape index (κ2) is 5.75. The van der Waals surface area contributed by atoms with Crippen molar-refractivity contribution >= 4 is 6.29 Å². The lowest BCUT2D eigenvalue weighted by atomic mass is 9.99. The molecule has 0 spiro atoms. The van der Waals surface area contributed by atoms with Gasteiger partial charge >= 0.3 is 0 Å². The standard InChI is InChI=1S/C13H18N2O/c16-11-12-4-3-8-15(10-12)9-6-13-5-1-2-7-14-13/h1-2,5,7,11-12H,3-4,6,8-10H2. The van der Waals surface area contributed by atoms with E-state index in [0.717, 1.165) is 50.9 Å². The lowest BCUT2D eigenvalue weighted by Gasteiger charge is -2.29. The molecule has 1 fully saturated rings. The summed E-state index contributed by atoms with van der Waals surface area (Å²) < 4.78 is 0. The molecule has 1 unspecified atom stereocenters. The summed E-state index contributed by atoms with van der Waals surface area (Å²) >= 11 is 0. The number of hydrogen-bond acceptors (Lipinski definition) is 3. The Morgan fingerprint density at radius 2 is 2.44 bits per heavy atom. The molecule has 1 saturated heterocycles. The van der Waals surface area contributed by atoms with Crippen LogP contribution in [0.5, 0.6) is 0 Å². The normalized spacial score (nSPS) is 21.9. The number of likely N-dealkylation sites (tertiary alicyclic amines) is 1. The van der Waals surface area contributed by atoms with E-state index in [1.807, 2.05) is 18.3 Å². The molecule has 0 radical (unpaired) electrons. The fraction of sp³-hybridized carbons (Fsp3) is 0.538. The Morgan fingerprint density at radius 1 is 1.50 bits per heavy atom. The molecule has 2 heterocycles. The predicted molar refractivity (Wildman–Crippen MR) is 63.2 cm³/mol. The Bertz CT molecular complexity index is 326. The molecule has 1 aliphatic heterocycles. The molecule has 0 aliphatic carbocycles. The molecular formula is C13H18N2O. The molecular weight excluding hydrogens is 200 g/mol. The van der Waals surface area contributed by atoms with E-state index in [2.05, 4.69) is 16.0 Å². The topological polar surface area (TPSA) is 33.2 Å². The van der Waals surface area contributed by atoms with Crippen LogP contribution in [-0.4, -0.2) is 35.8 Å². The molecule has 16 heavy (non-hydrogen) atoms. The van der Waals surface area contributed by atoms with Crippen molar-refractivity contribution in [2.24, 2.45) is 5.92 Å². The van der Waals surface area contributed by atoms with Crippen LogP contribution in [0.4, 0.5) is 0 Å². The Kier molecular flexibility index (Phi) is 4.05. The largest absolute Gasteiger partial charge is 0.303 e. The van der Waals surface area contributed by atoms with Crippen molar-refractivity contribution in [3.8, 4) is 0 Å². The summed E-state index contributed by atoms with van der Waals surface area (Å²) in [5.41, 5.74) is 1.13. The highest BCUT2D eigenvalue weighted by atomic mass is 16.1. The van der Waals surface area contributed by atoms with Crippen LogP contribution in [-0.2, 0) is 11.2 Å². The van der Waals surface area contributed by atoms with Gasteiger partial charge in [-0.15, -0.1) is 0 Å². The summed E-state index contributed by atoms with van der Waals surface area (Å²) in [5.74, 6) is 0.248. The average molecular weight is 218 g/mol. The van der Waals surface area contributed by atoms with Crippen molar-refractivity contribution in [2.75, 3.05) is 19.6 Å². The summed E-state index contributed by atoms with van der Waals surface area (Å²) in [6, 6.07) is 6.01. The van der Waals surface area contributed by atoms with Crippen molar-refractivity contribution in [3.63, 3.8) is 0 Å². The van der Waals surface area contributed by atoms with Crippen LogP contribution in [0.2, 0.25) is 0 Å². The molecule has 0 N–H and O–H groups in total. The first-order chi connectivity index (χ1) is 7.88. The monoisotopic (exact) mass is 218 g/mol. The molecule has 0 amide bonds. The highest BCUT2D eigenvalue weighted by Gasteiger charge is 2.18. The van der Waals surface area contributed by atoms with Gasteiger partial charge in [0.15, 0.2) is 0 Å². The highest BCUT2D eigenvalue weighted by molar-refractivity contribution is 5.53. The number of carbonyl (C=O) groups excluding carboxylic acids is 1. The number of rotatable bonds is 4. The van der Waals surface area contributed by atoms with E-state index in [1.165, 1.54) is 0 Å². The molecule has 1 aromatic rings. The van der Waals surface area contributed by atoms with Crippen LogP contribution in [0.1, 0.15) is 18.5 Å². The first kappa shape index (κ1) is 11.3. The van der Waals surface area contributed by atoms with Gasteiger partial charge in [-0.3, -0.25) is 4.98 Å². The summed E-state index contributed by atoms with van der Waals surface area (Å²) in [7, 11) is 0. The molecule has 0 saturated carbocycles. The highest BCUT2D eigenvalue weighted by Crippen LogP contribution is 2.14. The van der Waals surface area contributed by atoms with Gasteiger partial charge in [0.25, 0.3) is 0 Å². The van der Waals surface area contributed by atoms with Crippen LogP contribution >= 0.6 is 0 Å². The average Bonchev–Trinajstić information content (AvgIpc) is 2.38. The molecule has 86 valence electrons. The predicted octanol–water partition coefficient (Wildman–Crippen LogP) is 1.54. The number of aromatic nitrogens is 1. The number of pyridine rings is 1. The van der Waals surface area contributed by atoms with Crippen molar-refractivity contribution in [1.82, 2.24) is 9.88 Å². The number of piperidine rings is 1. The van der Waals surface area contributed by atoms with E-state index in [-0.39, 0.29) is 5.92 Å². The fourth-order valence-corrected chi connectivity index (χ4v) is 2.22. The zero-order valence-corrected chi connectivity index (χ0v) is 9.51. The van der Waals surface area contributed by atoms with E-state index in [9.17, 15) is 4.79 Å². The van der Waals surface area contributed by atoms with Crippen LogP contribution in [0.3, 0.4) is 0 Å². The van der Waals surface area contributed by atoms with Crippen LogP contribution in [0, 0.1) is 5.92 Å². The Morgan fingerprint density at radius 3 is 3.19 bits per heavy atom. The molecule has 1 aromatic heterocycles. The Balaban J connectivity index is 1.79. The molecule has 1 atom stereocenters. The van der Waals surface area contributed by atoms with Gasteiger partial charge in [0.2, 0.25) is 0 Å². The minimum Gasteiger partial charge on any atom is -0.303 e. The lowest BCUT2D eigenvalue weighted by Crippen LogP contribution is -2.37. The maximum atomic E-state index is 10.7. The van der Waals surface area contributed by atoms with Gasteiger partial charge in [0, 0.05) is 37.3 Å². The van der Waals surface area contributed by atoms with Gasteiger partial charge in [-0.2, -0.15) is 0 Å². The van der Waals surface area contributed by atoms with Crippen molar-refractivity contribution < 1.29 is 4.79 Å². The molecule has 0 aromatic carbocycles. The lowest BCUT2D eigenvalue weighted by molar-refractivity contribution is -0.112. The molecule has 0 bridgehead atoms. The van der Waals surface area contributed by atoms with E-state index < -0.39 is 0 Å². The molecule has 2 rings (SSSR count). The van der Waals surface area contributed by atoms with Gasteiger partial charge in [-0.1, -0.05) is 6.07 Å². The van der Waals surface area contributed by atoms with Gasteiger partial charge < -0.3 is 9.69 Å². The first-order valence-electron chi connectivity index (χ1n) is 5.96. The second-order valence-corrected chi connectivity index (χ2v) is 4.41. The minimum atomic E-state index is 0.248. The van der Waals surface area contributed by atoms with Crippen LogP contribution in [0.25, 0.3) is 0 Å². The van der Waals surface area contributed by atoms with Gasteiger partial charge in [-0.25, -0.2) is 0 Å². The zero-order valence-electron chi connectivity index (χ0n) is 9.51. The fourth-order valence-electron chi connectivity index (χ4n) is 2.22. The summed E-state index contributed by atoms with van der Waals surface area (Å²) in [4.78, 5) is 17.4. The van der Waals surface area contributed by atoms with Crippen molar-refractivity contribution in [2.45, 2.75) is 19.3 Å². The number of aldehydes is 1. The maximum Gasteiger partial charge on any atom is 0.124 e. The Hall–Kier alpha value is -1.22. The third-order valence-corrected chi connectivity index (χ3v) is 3.14. The third-order valence-electron chi connectivity index (χ3n) is 3.14. The molecule has 3 nitrogen and oxygen atoms in total. The van der Waals surface area contributed by atoms with E-state index in [1.54, 1.807) is 0 Å². The SMILES string of the molecule is O=CC1CCCN(CCc2ccccn2)C1. The van der Waals surface area contributed by atoms with Crippen LogP contribution in [0.15, 0.2) is 24.4 Å². The van der Waals surface area contributed by atoms with E-state index in [4.69, 9.17) is 0 Å². The summed E-state index contributed by atoms with van der Waals surface area (Å²) in [6.07, 6.45) is 6.12. The summed E-state index contributed by atoms with van der Waals surface area (Å²) in [5, 5.41) is 0. The van der Waals surface area contributed by atoms with Crippen molar-refractivity contribution in [1.29, 1.82) is 0 Å². The zero-order chi connectivity index (χ0) is 11.2. The number of carbonyl (C=O) groups is 1. The van der Waals surface area contributed by atoms with E-state index >= 15 is 0 Å². The smallest absolute Gasteiger partial charge is 0.124 e. The second-order valence-electron chi connectivity index (χ2n) is 4.41. The molecule has 1 aliphatic rings. The van der Waals surface area contributed by atoms with Crippen LogP contribution < -0.4 is 0 Å². The minimum absolute atomic E-state index is 0.248. The maximum absolute atomic E-state index is 10.7. The Labute approximate surface area is 96.5 Å². The quantitative estimate of drug-likeness (QED) is 0.719. The van der Waals surface area contributed by atoms with Gasteiger partial charge in [-0.05, 0) is 31.5 Å².